The average molecular weight is 258 g/mol. The number of nitrogens with one attached hydrogen (secondary N) is 1. The topological polar surface area (TPSA) is 68.1 Å². The molecule has 1 atom stereocenters. The van der Waals surface area contributed by atoms with Gasteiger partial charge in [-0.2, -0.15) is 0 Å². The zero-order valence-electron chi connectivity index (χ0n) is 11.0. The fraction of sp³-hybridized carbons (Fsp3) is 0.400. The first-order valence-corrected chi connectivity index (χ1v) is 6.59. The highest BCUT2D eigenvalue weighted by molar-refractivity contribution is 5.86. The molecule has 0 spiro atoms. The molecule has 1 unspecified atom stereocenters. The number of para-hydroxylation sites is 1. The summed E-state index contributed by atoms with van der Waals surface area (Å²) in [6, 6.07) is 7.69. The molecule has 0 radical (unpaired) electrons. The van der Waals surface area contributed by atoms with Crippen molar-refractivity contribution in [2.75, 3.05) is 7.11 Å². The number of carbonyl (C=O) groups is 1. The van der Waals surface area contributed by atoms with Crippen molar-refractivity contribution in [3.8, 4) is 0 Å². The van der Waals surface area contributed by atoms with Crippen LogP contribution in [0.25, 0.3) is 10.9 Å². The highest BCUT2D eigenvalue weighted by atomic mass is 16.5. The lowest BCUT2D eigenvalue weighted by atomic mass is 9.62. The van der Waals surface area contributed by atoms with Crippen LogP contribution >= 0.6 is 0 Å². The summed E-state index contributed by atoms with van der Waals surface area (Å²) < 4.78 is 4.96. The first-order valence-electron chi connectivity index (χ1n) is 6.59. The largest absolute Gasteiger partial charge is 0.469 e. The third-order valence-corrected chi connectivity index (χ3v) is 4.39. The molecule has 3 rings (SSSR count). The molecule has 3 N–H and O–H groups in total. The molecule has 1 fully saturated rings. The number of carbonyl (C=O) groups excluding carboxylic acids is 1. The van der Waals surface area contributed by atoms with Gasteiger partial charge >= 0.3 is 5.97 Å². The third-order valence-electron chi connectivity index (χ3n) is 4.39. The number of hydrogen-bond donors (Lipinski definition) is 2. The van der Waals surface area contributed by atoms with Crippen LogP contribution in [0.2, 0.25) is 0 Å². The summed E-state index contributed by atoms with van der Waals surface area (Å²) >= 11 is 0. The number of fused-ring (bicyclic) bond motifs is 1. The maximum atomic E-state index is 12.1. The van der Waals surface area contributed by atoms with Gasteiger partial charge in [0.25, 0.3) is 0 Å². The van der Waals surface area contributed by atoms with Crippen molar-refractivity contribution in [3.63, 3.8) is 0 Å². The molecule has 1 saturated carbocycles. The van der Waals surface area contributed by atoms with Crippen molar-refractivity contribution in [2.45, 2.75) is 25.3 Å². The van der Waals surface area contributed by atoms with Crippen molar-refractivity contribution in [1.29, 1.82) is 0 Å². The molecule has 0 saturated heterocycles. The maximum Gasteiger partial charge on any atom is 0.313 e. The van der Waals surface area contributed by atoms with Crippen molar-refractivity contribution in [1.82, 2.24) is 4.98 Å². The van der Waals surface area contributed by atoms with Crippen molar-refractivity contribution >= 4 is 16.9 Å². The van der Waals surface area contributed by atoms with Gasteiger partial charge in [0.2, 0.25) is 0 Å². The van der Waals surface area contributed by atoms with Gasteiger partial charge in [-0.25, -0.2) is 0 Å². The Morgan fingerprint density at radius 2 is 2.16 bits per heavy atom. The van der Waals surface area contributed by atoms with E-state index in [1.807, 2.05) is 30.5 Å². The molecule has 1 heterocycles. The normalized spacial score (nSPS) is 18.8. The number of nitrogens with two attached hydrogens (primary N) is 1. The lowest BCUT2D eigenvalue weighted by molar-refractivity contribution is -0.160. The zero-order valence-corrected chi connectivity index (χ0v) is 11.0. The number of hydrogen-bond acceptors (Lipinski definition) is 3. The number of aromatic nitrogens is 1. The highest BCUT2D eigenvalue weighted by Gasteiger charge is 2.51. The van der Waals surface area contributed by atoms with E-state index in [0.29, 0.717) is 0 Å². The van der Waals surface area contributed by atoms with Crippen molar-refractivity contribution in [2.24, 2.45) is 11.1 Å². The van der Waals surface area contributed by atoms with Crippen LogP contribution in [-0.4, -0.2) is 18.1 Å². The summed E-state index contributed by atoms with van der Waals surface area (Å²) in [5.74, 6) is -0.184. The first kappa shape index (κ1) is 12.2. The van der Waals surface area contributed by atoms with Crippen LogP contribution in [0.5, 0.6) is 0 Å². The van der Waals surface area contributed by atoms with E-state index >= 15 is 0 Å². The van der Waals surface area contributed by atoms with E-state index in [9.17, 15) is 4.79 Å². The predicted octanol–water partition coefficient (Wildman–Crippen LogP) is 2.51. The van der Waals surface area contributed by atoms with E-state index in [1.54, 1.807) is 0 Å². The smallest absolute Gasteiger partial charge is 0.313 e. The second kappa shape index (κ2) is 4.38. The minimum atomic E-state index is -0.542. The van der Waals surface area contributed by atoms with Gasteiger partial charge in [0.05, 0.1) is 12.5 Å². The zero-order chi connectivity index (χ0) is 13.5. The number of H-pyrrole nitrogens is 1. The predicted molar refractivity (Wildman–Crippen MR) is 73.5 cm³/mol. The van der Waals surface area contributed by atoms with E-state index in [4.69, 9.17) is 10.5 Å². The van der Waals surface area contributed by atoms with E-state index in [-0.39, 0.29) is 12.0 Å². The number of ether oxygens (including phenoxy) is 1. The molecular weight excluding hydrogens is 240 g/mol. The number of benzene rings is 1. The summed E-state index contributed by atoms with van der Waals surface area (Å²) in [5, 5.41) is 1.09. The fourth-order valence-corrected chi connectivity index (χ4v) is 3.05. The Hall–Kier alpha value is -1.81. The summed E-state index contributed by atoms with van der Waals surface area (Å²) in [6.07, 6.45) is 4.56. The van der Waals surface area contributed by atoms with Crippen molar-refractivity contribution in [3.05, 3.63) is 36.0 Å². The molecule has 1 aromatic heterocycles. The molecule has 0 aliphatic heterocycles. The number of rotatable bonds is 3. The molecule has 0 amide bonds. The van der Waals surface area contributed by atoms with Crippen molar-refractivity contribution < 1.29 is 9.53 Å². The molecule has 19 heavy (non-hydrogen) atoms. The Kier molecular flexibility index (Phi) is 2.82. The number of methoxy groups -OCH3 is 1. The van der Waals surface area contributed by atoms with Crippen LogP contribution < -0.4 is 5.73 Å². The second-order valence-corrected chi connectivity index (χ2v) is 5.27. The average Bonchev–Trinajstić information content (AvgIpc) is 2.80. The van der Waals surface area contributed by atoms with Crippen LogP contribution in [0.3, 0.4) is 0 Å². The fourth-order valence-electron chi connectivity index (χ4n) is 3.05. The van der Waals surface area contributed by atoms with Gasteiger partial charge in [-0.15, -0.1) is 0 Å². The Bertz CT molecular complexity index is 613. The molecule has 100 valence electrons. The van der Waals surface area contributed by atoms with Crippen LogP contribution in [0.15, 0.2) is 30.5 Å². The summed E-state index contributed by atoms with van der Waals surface area (Å²) in [6.45, 7) is 0. The second-order valence-electron chi connectivity index (χ2n) is 5.27. The Morgan fingerprint density at radius 1 is 1.42 bits per heavy atom. The SMILES string of the molecule is COC(=O)C1(C(N)c2c[nH]c3ccccc23)CCC1. The number of esters is 1. The van der Waals surface area contributed by atoms with Gasteiger partial charge in [-0.3, -0.25) is 4.79 Å². The molecule has 0 bridgehead atoms. The Labute approximate surface area is 111 Å². The standard InChI is InChI=1S/C15H18N2O2/c1-19-14(18)15(7-4-8-15)13(16)11-9-17-12-6-3-2-5-10(11)12/h2-3,5-6,9,13,17H,4,7-8,16H2,1H3. The summed E-state index contributed by atoms with van der Waals surface area (Å²) in [7, 11) is 1.43. The molecule has 4 nitrogen and oxygen atoms in total. The molecule has 1 aliphatic rings. The third kappa shape index (κ3) is 1.67. The molecular formula is C15H18N2O2. The quantitative estimate of drug-likeness (QED) is 0.831. The number of aromatic amines is 1. The lowest BCUT2D eigenvalue weighted by Crippen LogP contribution is -2.47. The van der Waals surface area contributed by atoms with E-state index in [0.717, 1.165) is 35.7 Å². The van der Waals surface area contributed by atoms with Gasteiger partial charge in [-0.05, 0) is 24.5 Å². The van der Waals surface area contributed by atoms with Crippen LogP contribution in [0.4, 0.5) is 0 Å². The minimum Gasteiger partial charge on any atom is -0.469 e. The molecule has 4 heteroatoms. The molecule has 1 aliphatic carbocycles. The monoisotopic (exact) mass is 258 g/mol. The van der Waals surface area contributed by atoms with Gasteiger partial charge in [0.15, 0.2) is 0 Å². The summed E-state index contributed by atoms with van der Waals surface area (Å²) in [5.41, 5.74) is 7.91. The Morgan fingerprint density at radius 3 is 2.79 bits per heavy atom. The van der Waals surface area contributed by atoms with Gasteiger partial charge in [-0.1, -0.05) is 24.6 Å². The Balaban J connectivity index is 2.03. The van der Waals surface area contributed by atoms with Gasteiger partial charge < -0.3 is 15.5 Å². The van der Waals surface area contributed by atoms with E-state index in [1.165, 1.54) is 7.11 Å². The lowest BCUT2D eigenvalue weighted by Gasteiger charge is -2.43. The van der Waals surface area contributed by atoms with Gasteiger partial charge in [0.1, 0.15) is 0 Å². The summed E-state index contributed by atoms with van der Waals surface area (Å²) in [4.78, 5) is 15.3. The van der Waals surface area contributed by atoms with E-state index in [2.05, 4.69) is 4.98 Å². The first-order chi connectivity index (χ1) is 9.19. The molecule has 1 aromatic carbocycles. The van der Waals surface area contributed by atoms with Gasteiger partial charge in [0, 0.05) is 23.1 Å². The molecule has 2 aromatic rings. The highest BCUT2D eigenvalue weighted by Crippen LogP contribution is 2.50. The van der Waals surface area contributed by atoms with Crippen LogP contribution in [0.1, 0.15) is 30.9 Å². The van der Waals surface area contributed by atoms with Crippen LogP contribution in [0, 0.1) is 5.41 Å². The van der Waals surface area contributed by atoms with E-state index < -0.39 is 5.41 Å². The maximum absolute atomic E-state index is 12.1. The minimum absolute atomic E-state index is 0.184. The van der Waals surface area contributed by atoms with Crippen LogP contribution in [-0.2, 0) is 9.53 Å².